The van der Waals surface area contributed by atoms with Crippen LogP contribution < -0.4 is 15.8 Å². The van der Waals surface area contributed by atoms with Crippen molar-refractivity contribution >= 4 is 28.9 Å². The van der Waals surface area contributed by atoms with Gasteiger partial charge in [-0.2, -0.15) is 0 Å². The van der Waals surface area contributed by atoms with Crippen LogP contribution in [0.2, 0.25) is 5.02 Å². The number of halogens is 2. The number of benzene rings is 2. The Morgan fingerprint density at radius 1 is 1.25 bits per heavy atom. The summed E-state index contributed by atoms with van der Waals surface area (Å²) < 4.78 is 18.2. The average Bonchev–Trinajstić information content (AvgIpc) is 2.42. The van der Waals surface area contributed by atoms with Crippen LogP contribution >= 0.6 is 11.6 Å². The van der Waals surface area contributed by atoms with Crippen molar-refractivity contribution in [3.8, 4) is 5.75 Å². The molecule has 0 aliphatic rings. The Morgan fingerprint density at radius 3 is 2.60 bits per heavy atom. The molecule has 3 N–H and O–H groups in total. The second-order valence-corrected chi connectivity index (χ2v) is 4.46. The number of nitrogens with one attached hydrogen (secondary N) is 1. The van der Waals surface area contributed by atoms with Crippen molar-refractivity contribution in [3.05, 3.63) is 53.3 Å². The highest BCUT2D eigenvalue weighted by atomic mass is 35.5. The van der Waals surface area contributed by atoms with Gasteiger partial charge in [-0.25, -0.2) is 4.39 Å². The van der Waals surface area contributed by atoms with Crippen molar-refractivity contribution < 1.29 is 13.9 Å². The lowest BCUT2D eigenvalue weighted by atomic mass is 10.2. The van der Waals surface area contributed by atoms with E-state index in [2.05, 4.69) is 5.32 Å². The Morgan fingerprint density at radius 2 is 1.95 bits per heavy atom. The van der Waals surface area contributed by atoms with Gasteiger partial charge in [0.1, 0.15) is 11.6 Å². The van der Waals surface area contributed by atoms with Gasteiger partial charge in [-0.1, -0.05) is 11.6 Å². The second-order valence-electron chi connectivity index (χ2n) is 4.03. The average molecular weight is 295 g/mol. The highest BCUT2D eigenvalue weighted by Gasteiger charge is 2.05. The van der Waals surface area contributed by atoms with Crippen molar-refractivity contribution in [1.82, 2.24) is 0 Å². The van der Waals surface area contributed by atoms with Gasteiger partial charge in [-0.05, 0) is 42.5 Å². The number of ether oxygens (including phenoxy) is 1. The Kier molecular flexibility index (Phi) is 4.42. The Labute approximate surface area is 120 Å². The maximum Gasteiger partial charge on any atom is 0.262 e. The fraction of sp³-hybridized carbons (Fsp3) is 0.0714. The maximum atomic E-state index is 13.0. The first-order valence-corrected chi connectivity index (χ1v) is 6.15. The van der Waals surface area contributed by atoms with E-state index in [0.29, 0.717) is 16.5 Å². The van der Waals surface area contributed by atoms with E-state index >= 15 is 0 Å². The molecular formula is C14H12ClFN2O2. The molecule has 0 saturated heterocycles. The van der Waals surface area contributed by atoms with E-state index in [1.165, 1.54) is 18.2 Å². The zero-order valence-electron chi connectivity index (χ0n) is 10.4. The molecule has 0 aromatic heterocycles. The largest absolute Gasteiger partial charge is 0.484 e. The lowest BCUT2D eigenvalue weighted by Crippen LogP contribution is -2.20. The van der Waals surface area contributed by atoms with E-state index in [4.69, 9.17) is 22.1 Å². The molecule has 0 fully saturated rings. The van der Waals surface area contributed by atoms with Crippen molar-refractivity contribution in [2.24, 2.45) is 0 Å². The van der Waals surface area contributed by atoms with E-state index in [9.17, 15) is 9.18 Å². The van der Waals surface area contributed by atoms with Gasteiger partial charge < -0.3 is 15.8 Å². The first-order valence-electron chi connectivity index (χ1n) is 5.78. The van der Waals surface area contributed by atoms with Gasteiger partial charge in [0.15, 0.2) is 6.61 Å². The molecule has 104 valence electrons. The first kappa shape index (κ1) is 14.1. The predicted molar refractivity (Wildman–Crippen MR) is 76.4 cm³/mol. The van der Waals surface area contributed by atoms with Crippen molar-refractivity contribution in [2.45, 2.75) is 0 Å². The van der Waals surface area contributed by atoms with Crippen LogP contribution in [0.4, 0.5) is 15.8 Å². The van der Waals surface area contributed by atoms with Gasteiger partial charge in [0.2, 0.25) is 0 Å². The third-order valence-electron chi connectivity index (χ3n) is 2.46. The van der Waals surface area contributed by atoms with Crippen molar-refractivity contribution in [2.75, 3.05) is 17.7 Å². The monoisotopic (exact) mass is 294 g/mol. The molecule has 2 rings (SSSR count). The summed E-state index contributed by atoms with van der Waals surface area (Å²) >= 11 is 5.73. The van der Waals surface area contributed by atoms with Crippen LogP contribution in [0.15, 0.2) is 42.5 Å². The number of hydrogen-bond donors (Lipinski definition) is 2. The molecule has 2 aromatic rings. The summed E-state index contributed by atoms with van der Waals surface area (Å²) in [5.74, 6) is -0.366. The summed E-state index contributed by atoms with van der Waals surface area (Å²) in [5.41, 5.74) is 5.79. The van der Waals surface area contributed by atoms with Crippen LogP contribution in [0, 0.1) is 5.82 Å². The summed E-state index contributed by atoms with van der Waals surface area (Å²) in [6.07, 6.45) is 0. The third kappa shape index (κ3) is 3.86. The molecule has 0 bridgehead atoms. The number of carbonyl (C=O) groups is 1. The predicted octanol–water partition coefficient (Wildman–Crippen LogP) is 3.08. The van der Waals surface area contributed by atoms with E-state index in [1.807, 2.05) is 0 Å². The normalized spacial score (nSPS) is 10.1. The summed E-state index contributed by atoms with van der Waals surface area (Å²) in [5, 5.41) is 3.14. The van der Waals surface area contributed by atoms with Gasteiger partial charge in [0.25, 0.3) is 5.91 Å². The fourth-order valence-corrected chi connectivity index (χ4v) is 1.62. The van der Waals surface area contributed by atoms with Crippen LogP contribution in [0.3, 0.4) is 0 Å². The van der Waals surface area contributed by atoms with Crippen LogP contribution in [0.5, 0.6) is 5.75 Å². The molecule has 20 heavy (non-hydrogen) atoms. The molecular weight excluding hydrogens is 283 g/mol. The summed E-state index contributed by atoms with van der Waals surface area (Å²) in [6.45, 7) is -0.168. The van der Waals surface area contributed by atoms with Crippen LogP contribution in [0.1, 0.15) is 0 Å². The molecule has 4 nitrogen and oxygen atoms in total. The minimum absolute atomic E-state index is 0.0265. The third-order valence-corrected chi connectivity index (χ3v) is 2.72. The lowest BCUT2D eigenvalue weighted by Gasteiger charge is -2.08. The minimum atomic E-state index is -0.527. The van der Waals surface area contributed by atoms with Gasteiger partial charge in [-0.15, -0.1) is 0 Å². The Bertz CT molecular complexity index is 617. The zero-order valence-corrected chi connectivity index (χ0v) is 11.2. The molecule has 2 aromatic carbocycles. The van der Waals surface area contributed by atoms with Gasteiger partial charge in [0.05, 0.1) is 5.69 Å². The van der Waals surface area contributed by atoms with E-state index in [0.717, 1.165) is 0 Å². The topological polar surface area (TPSA) is 64.3 Å². The summed E-state index contributed by atoms with van der Waals surface area (Å²) in [7, 11) is 0. The maximum absolute atomic E-state index is 13.0. The smallest absolute Gasteiger partial charge is 0.262 e. The van der Waals surface area contributed by atoms with Gasteiger partial charge in [0, 0.05) is 10.7 Å². The quantitative estimate of drug-likeness (QED) is 0.852. The minimum Gasteiger partial charge on any atom is -0.484 e. The van der Waals surface area contributed by atoms with Crippen molar-refractivity contribution in [3.63, 3.8) is 0 Å². The standard InChI is InChI=1S/C14H12ClFN2O2/c15-9-1-4-11(5-2-9)20-8-14(19)18-10-3-6-12(16)13(17)7-10/h1-7H,8,17H2,(H,18,19). The SMILES string of the molecule is Nc1cc(NC(=O)COc2ccc(Cl)cc2)ccc1F. The highest BCUT2D eigenvalue weighted by molar-refractivity contribution is 6.30. The number of nitrogens with two attached hydrogens (primary N) is 1. The number of carbonyl (C=O) groups excluding carboxylic acids is 1. The molecule has 0 radical (unpaired) electrons. The van der Waals surface area contributed by atoms with Gasteiger partial charge in [-0.3, -0.25) is 4.79 Å². The molecule has 0 aliphatic heterocycles. The molecule has 6 heteroatoms. The number of anilines is 2. The fourth-order valence-electron chi connectivity index (χ4n) is 1.50. The lowest BCUT2D eigenvalue weighted by molar-refractivity contribution is -0.118. The Hall–Kier alpha value is -2.27. The van der Waals surface area contributed by atoms with Crippen molar-refractivity contribution in [1.29, 1.82) is 0 Å². The number of rotatable bonds is 4. The van der Waals surface area contributed by atoms with Crippen LogP contribution in [0.25, 0.3) is 0 Å². The number of nitrogen functional groups attached to an aromatic ring is 1. The number of hydrogen-bond acceptors (Lipinski definition) is 3. The highest BCUT2D eigenvalue weighted by Crippen LogP contribution is 2.17. The first-order chi connectivity index (χ1) is 9.54. The van der Waals surface area contributed by atoms with Crippen LogP contribution in [-0.4, -0.2) is 12.5 Å². The number of amides is 1. The molecule has 0 saturated carbocycles. The molecule has 0 unspecified atom stereocenters. The molecule has 0 heterocycles. The zero-order chi connectivity index (χ0) is 14.5. The van der Waals surface area contributed by atoms with Gasteiger partial charge >= 0.3 is 0 Å². The Balaban J connectivity index is 1.89. The molecule has 0 atom stereocenters. The second kappa shape index (κ2) is 6.25. The molecule has 1 amide bonds. The molecule has 0 aliphatic carbocycles. The summed E-state index contributed by atoms with van der Waals surface area (Å²) in [6, 6.07) is 10.6. The summed E-state index contributed by atoms with van der Waals surface area (Å²) in [4.78, 5) is 11.7. The van der Waals surface area contributed by atoms with E-state index in [1.54, 1.807) is 24.3 Å². The van der Waals surface area contributed by atoms with E-state index in [-0.39, 0.29) is 18.2 Å². The molecule has 0 spiro atoms. The van der Waals surface area contributed by atoms with E-state index < -0.39 is 5.82 Å². The van der Waals surface area contributed by atoms with Crippen LogP contribution in [-0.2, 0) is 4.79 Å².